The molecule has 0 radical (unpaired) electrons. The summed E-state index contributed by atoms with van der Waals surface area (Å²) in [5.74, 6) is 1.29. The number of rotatable bonds is 1. The van der Waals surface area contributed by atoms with Crippen LogP contribution < -0.4 is 0 Å². The molecule has 18 heavy (non-hydrogen) atoms. The van der Waals surface area contributed by atoms with E-state index in [0.29, 0.717) is 11.8 Å². The molecule has 4 unspecified atom stereocenters. The fourth-order valence-electron chi connectivity index (χ4n) is 4.16. The van der Waals surface area contributed by atoms with Gasteiger partial charge in [-0.05, 0) is 43.9 Å². The molecular weight excluding hydrogens is 222 g/mol. The van der Waals surface area contributed by atoms with Gasteiger partial charge in [0, 0.05) is 0 Å². The maximum Gasteiger partial charge on any atom is 0.0862 e. The maximum atomic E-state index is 11.1. The third-order valence-corrected chi connectivity index (χ3v) is 5.44. The first-order chi connectivity index (χ1) is 8.51. The Morgan fingerprint density at radius 1 is 1.00 bits per heavy atom. The van der Waals surface area contributed by atoms with Crippen molar-refractivity contribution in [3.8, 4) is 6.07 Å². The molecule has 4 atom stereocenters. The number of hydrogen-bond acceptors (Lipinski definition) is 2. The Bertz CT molecular complexity index is 334. The lowest BCUT2D eigenvalue weighted by Crippen LogP contribution is -2.49. The zero-order chi connectivity index (χ0) is 13.2. The van der Waals surface area contributed by atoms with Gasteiger partial charge in [-0.1, -0.05) is 39.5 Å². The van der Waals surface area contributed by atoms with Crippen molar-refractivity contribution >= 4 is 0 Å². The van der Waals surface area contributed by atoms with E-state index in [1.54, 1.807) is 0 Å². The highest BCUT2D eigenvalue weighted by Gasteiger charge is 2.52. The van der Waals surface area contributed by atoms with Crippen LogP contribution in [-0.4, -0.2) is 10.7 Å². The predicted octanol–water partition coefficient (Wildman–Crippen LogP) is 4.04. The maximum absolute atomic E-state index is 11.1. The number of nitrogens with zero attached hydrogens (tertiary/aromatic N) is 1. The van der Waals surface area contributed by atoms with Crippen LogP contribution in [0.3, 0.4) is 0 Å². The molecule has 0 spiro atoms. The molecule has 2 rings (SSSR count). The molecule has 0 aromatic rings. The summed E-state index contributed by atoms with van der Waals surface area (Å²) in [4.78, 5) is 0. The third-order valence-electron chi connectivity index (χ3n) is 5.44. The first kappa shape index (κ1) is 13.9. The van der Waals surface area contributed by atoms with Gasteiger partial charge in [0.2, 0.25) is 0 Å². The van der Waals surface area contributed by atoms with Crippen LogP contribution in [0.4, 0.5) is 0 Å². The number of nitriles is 1. The molecule has 0 saturated heterocycles. The quantitative estimate of drug-likeness (QED) is 0.713. The van der Waals surface area contributed by atoms with Crippen LogP contribution in [0.15, 0.2) is 0 Å². The van der Waals surface area contributed by atoms with Crippen molar-refractivity contribution in [2.45, 2.75) is 77.2 Å². The molecular formula is C16H27NO. The molecule has 0 aromatic heterocycles. The Balaban J connectivity index is 2.22. The van der Waals surface area contributed by atoms with Gasteiger partial charge in [0.15, 0.2) is 0 Å². The SMILES string of the molecule is CC1CCCC(O)(C2(C#N)CCCC(C)C2)CC1. The Hall–Kier alpha value is -0.550. The van der Waals surface area contributed by atoms with Gasteiger partial charge in [-0.25, -0.2) is 0 Å². The van der Waals surface area contributed by atoms with E-state index in [-0.39, 0.29) is 0 Å². The van der Waals surface area contributed by atoms with Gasteiger partial charge in [0.1, 0.15) is 0 Å². The molecule has 0 aromatic carbocycles. The molecule has 2 heteroatoms. The fourth-order valence-corrected chi connectivity index (χ4v) is 4.16. The lowest BCUT2D eigenvalue weighted by molar-refractivity contribution is -0.0911. The van der Waals surface area contributed by atoms with E-state index in [0.717, 1.165) is 44.9 Å². The summed E-state index contributed by atoms with van der Waals surface area (Å²) in [6.45, 7) is 4.50. The largest absolute Gasteiger partial charge is 0.388 e. The van der Waals surface area contributed by atoms with Gasteiger partial charge in [-0.2, -0.15) is 5.26 Å². The second-order valence-corrected chi connectivity index (χ2v) is 6.96. The summed E-state index contributed by atoms with van der Waals surface area (Å²) in [6.07, 6.45) is 9.14. The average molecular weight is 249 g/mol. The fraction of sp³-hybridized carbons (Fsp3) is 0.938. The molecule has 0 bridgehead atoms. The Morgan fingerprint density at radius 2 is 1.67 bits per heavy atom. The summed E-state index contributed by atoms with van der Waals surface area (Å²) >= 11 is 0. The summed E-state index contributed by atoms with van der Waals surface area (Å²) in [5, 5.41) is 20.9. The molecule has 2 nitrogen and oxygen atoms in total. The smallest absolute Gasteiger partial charge is 0.0862 e. The molecule has 102 valence electrons. The van der Waals surface area contributed by atoms with Crippen LogP contribution in [0.25, 0.3) is 0 Å². The summed E-state index contributed by atoms with van der Waals surface area (Å²) in [5.41, 5.74) is -1.18. The van der Waals surface area contributed by atoms with E-state index >= 15 is 0 Å². The van der Waals surface area contributed by atoms with E-state index in [2.05, 4.69) is 19.9 Å². The van der Waals surface area contributed by atoms with E-state index in [1.807, 2.05) is 0 Å². The van der Waals surface area contributed by atoms with Crippen molar-refractivity contribution in [1.82, 2.24) is 0 Å². The molecule has 0 amide bonds. The van der Waals surface area contributed by atoms with E-state index in [1.165, 1.54) is 12.8 Å². The van der Waals surface area contributed by atoms with Gasteiger partial charge in [0.25, 0.3) is 0 Å². The summed E-state index contributed by atoms with van der Waals surface area (Å²) in [6, 6.07) is 2.55. The Morgan fingerprint density at radius 3 is 2.33 bits per heavy atom. The van der Waals surface area contributed by atoms with Gasteiger partial charge in [0.05, 0.1) is 17.1 Å². The van der Waals surface area contributed by atoms with Crippen LogP contribution >= 0.6 is 0 Å². The third kappa shape index (κ3) is 2.43. The second kappa shape index (κ2) is 5.21. The van der Waals surface area contributed by atoms with Crippen LogP contribution in [-0.2, 0) is 0 Å². The van der Waals surface area contributed by atoms with Gasteiger partial charge in [-0.3, -0.25) is 0 Å². The summed E-state index contributed by atoms with van der Waals surface area (Å²) in [7, 11) is 0. The highest BCUT2D eigenvalue weighted by Crippen LogP contribution is 2.51. The van der Waals surface area contributed by atoms with Gasteiger partial charge < -0.3 is 5.11 Å². The predicted molar refractivity (Wildman–Crippen MR) is 72.9 cm³/mol. The highest BCUT2D eigenvalue weighted by molar-refractivity contribution is 5.13. The van der Waals surface area contributed by atoms with Crippen LogP contribution in [0.2, 0.25) is 0 Å². The second-order valence-electron chi connectivity index (χ2n) is 6.96. The lowest BCUT2D eigenvalue weighted by atomic mass is 9.59. The molecule has 2 fully saturated rings. The normalized spacial score (nSPS) is 46.1. The topological polar surface area (TPSA) is 44.0 Å². The van der Waals surface area contributed by atoms with Crippen molar-refractivity contribution < 1.29 is 5.11 Å². The van der Waals surface area contributed by atoms with E-state index in [4.69, 9.17) is 0 Å². The van der Waals surface area contributed by atoms with Crippen LogP contribution in [0, 0.1) is 28.6 Å². The van der Waals surface area contributed by atoms with Crippen molar-refractivity contribution in [3.05, 3.63) is 0 Å². The van der Waals surface area contributed by atoms with Crippen LogP contribution in [0.1, 0.15) is 71.6 Å². The van der Waals surface area contributed by atoms with E-state index < -0.39 is 11.0 Å². The first-order valence-corrected chi connectivity index (χ1v) is 7.65. The number of aliphatic hydroxyl groups is 1. The minimum atomic E-state index is -0.721. The van der Waals surface area contributed by atoms with Gasteiger partial charge in [-0.15, -0.1) is 0 Å². The Labute approximate surface area is 111 Å². The molecule has 0 aliphatic heterocycles. The first-order valence-electron chi connectivity index (χ1n) is 7.65. The standard InChI is InChI=1S/C16H27NO/c1-13-5-4-9-16(18,10-7-13)15(12-17)8-3-6-14(2)11-15/h13-14,18H,3-11H2,1-2H3. The minimum Gasteiger partial charge on any atom is -0.388 e. The van der Waals surface area contributed by atoms with Crippen LogP contribution in [0.5, 0.6) is 0 Å². The monoisotopic (exact) mass is 249 g/mol. The zero-order valence-corrected chi connectivity index (χ0v) is 11.9. The lowest BCUT2D eigenvalue weighted by Gasteiger charge is -2.46. The van der Waals surface area contributed by atoms with Crippen molar-refractivity contribution in [3.63, 3.8) is 0 Å². The highest BCUT2D eigenvalue weighted by atomic mass is 16.3. The summed E-state index contributed by atoms with van der Waals surface area (Å²) < 4.78 is 0. The molecule has 2 aliphatic rings. The molecule has 1 N–H and O–H groups in total. The minimum absolute atomic E-state index is 0.464. The molecule has 2 aliphatic carbocycles. The zero-order valence-electron chi connectivity index (χ0n) is 11.9. The average Bonchev–Trinajstić information content (AvgIpc) is 2.52. The molecule has 0 heterocycles. The number of hydrogen-bond donors (Lipinski definition) is 1. The van der Waals surface area contributed by atoms with Crippen molar-refractivity contribution in [1.29, 1.82) is 5.26 Å². The van der Waals surface area contributed by atoms with Crippen molar-refractivity contribution in [2.75, 3.05) is 0 Å². The molecule has 2 saturated carbocycles. The van der Waals surface area contributed by atoms with E-state index in [9.17, 15) is 10.4 Å². The van der Waals surface area contributed by atoms with Gasteiger partial charge >= 0.3 is 0 Å². The van der Waals surface area contributed by atoms with Crippen molar-refractivity contribution in [2.24, 2.45) is 17.3 Å². The Kier molecular flexibility index (Phi) is 4.02.